The second-order valence-corrected chi connectivity index (χ2v) is 1.90. The third-order valence-corrected chi connectivity index (χ3v) is 1.14. The van der Waals surface area contributed by atoms with Gasteiger partial charge >= 0.3 is 5.97 Å². The standard InChI is InChI=1S/C7H5NO3/c9-4-5-1-2-6(7(10)11)8-3-5/h1-4H,(H,10,11). The van der Waals surface area contributed by atoms with Crippen LogP contribution in [0.3, 0.4) is 0 Å². The van der Waals surface area contributed by atoms with Gasteiger partial charge in [-0.2, -0.15) is 0 Å². The lowest BCUT2D eigenvalue weighted by atomic mass is 10.3. The van der Waals surface area contributed by atoms with Crippen LogP contribution in [0, 0.1) is 0 Å². The van der Waals surface area contributed by atoms with Gasteiger partial charge in [-0.15, -0.1) is 0 Å². The van der Waals surface area contributed by atoms with Gasteiger partial charge in [0.25, 0.3) is 0 Å². The molecule has 0 atom stereocenters. The molecule has 0 saturated carbocycles. The maximum absolute atomic E-state index is 10.2. The smallest absolute Gasteiger partial charge is 0.354 e. The highest BCUT2D eigenvalue weighted by Gasteiger charge is 2.01. The molecule has 1 aromatic heterocycles. The first kappa shape index (κ1) is 7.40. The number of nitrogens with zero attached hydrogens (tertiary/aromatic N) is 1. The Labute approximate surface area is 62.5 Å². The second-order valence-electron chi connectivity index (χ2n) is 1.90. The minimum Gasteiger partial charge on any atom is -0.477 e. The van der Waals surface area contributed by atoms with Crippen LogP contribution in [0.5, 0.6) is 0 Å². The lowest BCUT2D eigenvalue weighted by molar-refractivity contribution is 0.0690. The van der Waals surface area contributed by atoms with Crippen molar-refractivity contribution < 1.29 is 14.7 Å². The van der Waals surface area contributed by atoms with Crippen molar-refractivity contribution in [1.82, 2.24) is 4.98 Å². The van der Waals surface area contributed by atoms with Gasteiger partial charge in [-0.1, -0.05) is 0 Å². The molecule has 4 heteroatoms. The van der Waals surface area contributed by atoms with E-state index in [1.807, 2.05) is 0 Å². The molecule has 0 aromatic carbocycles. The van der Waals surface area contributed by atoms with Gasteiger partial charge in [0.2, 0.25) is 0 Å². The SMILES string of the molecule is O=Cc1ccc(C(=O)O)nc1. The van der Waals surface area contributed by atoms with Crippen LogP contribution in [0.15, 0.2) is 18.3 Å². The minimum absolute atomic E-state index is 0.0596. The van der Waals surface area contributed by atoms with Gasteiger partial charge in [0.1, 0.15) is 5.69 Å². The Hall–Kier alpha value is -1.71. The molecule has 0 saturated heterocycles. The molecule has 56 valence electrons. The molecule has 4 nitrogen and oxygen atoms in total. The number of aldehydes is 1. The Morgan fingerprint density at radius 2 is 2.27 bits per heavy atom. The van der Waals surface area contributed by atoms with Gasteiger partial charge in [-0.3, -0.25) is 4.79 Å². The predicted molar refractivity (Wildman–Crippen MR) is 36.6 cm³/mol. The molecule has 0 aliphatic carbocycles. The summed E-state index contributed by atoms with van der Waals surface area (Å²) in [5, 5.41) is 8.40. The van der Waals surface area contributed by atoms with E-state index < -0.39 is 5.97 Å². The molecule has 0 unspecified atom stereocenters. The highest BCUT2D eigenvalue weighted by Crippen LogP contribution is 1.96. The number of carboxylic acids is 1. The zero-order valence-electron chi connectivity index (χ0n) is 5.52. The summed E-state index contributed by atoms with van der Waals surface area (Å²) in [6.07, 6.45) is 1.83. The first-order valence-corrected chi connectivity index (χ1v) is 2.88. The number of carboxylic acid groups (broad SMARTS) is 1. The van der Waals surface area contributed by atoms with Crippen molar-refractivity contribution in [2.24, 2.45) is 0 Å². The maximum atomic E-state index is 10.2. The normalized spacial score (nSPS) is 9.09. The summed E-state index contributed by atoms with van der Waals surface area (Å²) in [5.74, 6) is -1.09. The van der Waals surface area contributed by atoms with Crippen molar-refractivity contribution >= 4 is 12.3 Å². The lowest BCUT2D eigenvalue weighted by Gasteiger charge is -1.91. The van der Waals surface area contributed by atoms with E-state index in [-0.39, 0.29) is 5.69 Å². The number of rotatable bonds is 2. The van der Waals surface area contributed by atoms with Crippen LogP contribution < -0.4 is 0 Å². The van der Waals surface area contributed by atoms with Crippen LogP contribution in [0.4, 0.5) is 0 Å². The van der Waals surface area contributed by atoms with E-state index in [0.29, 0.717) is 11.8 Å². The van der Waals surface area contributed by atoms with Crippen molar-refractivity contribution in [1.29, 1.82) is 0 Å². The molecule has 1 heterocycles. The zero-order chi connectivity index (χ0) is 8.27. The molecule has 0 aliphatic heterocycles. The molecule has 0 spiro atoms. The number of carbonyl (C=O) groups is 2. The molecular formula is C7H5NO3. The Bertz CT molecular complexity index is 278. The van der Waals surface area contributed by atoms with Crippen LogP contribution >= 0.6 is 0 Å². The number of carbonyl (C=O) groups excluding carboxylic acids is 1. The summed E-state index contributed by atoms with van der Waals surface area (Å²) in [7, 11) is 0. The average Bonchev–Trinajstić information content (AvgIpc) is 2.05. The van der Waals surface area contributed by atoms with Gasteiger partial charge in [-0.25, -0.2) is 9.78 Å². The molecule has 1 rings (SSSR count). The van der Waals surface area contributed by atoms with Gasteiger partial charge in [0.05, 0.1) is 0 Å². The fourth-order valence-electron chi connectivity index (χ4n) is 0.602. The molecule has 0 aliphatic rings. The zero-order valence-corrected chi connectivity index (χ0v) is 5.52. The van der Waals surface area contributed by atoms with Crippen molar-refractivity contribution in [2.75, 3.05) is 0 Å². The van der Waals surface area contributed by atoms with Gasteiger partial charge in [0.15, 0.2) is 6.29 Å². The van der Waals surface area contributed by atoms with Crippen LogP contribution in [0.1, 0.15) is 20.8 Å². The number of hydrogen-bond acceptors (Lipinski definition) is 3. The van der Waals surface area contributed by atoms with E-state index >= 15 is 0 Å². The Morgan fingerprint density at radius 1 is 1.55 bits per heavy atom. The van der Waals surface area contributed by atoms with Gasteiger partial charge in [0, 0.05) is 11.8 Å². The quantitative estimate of drug-likeness (QED) is 0.628. The number of aromatic nitrogens is 1. The summed E-state index contributed by atoms with van der Waals surface area (Å²) in [4.78, 5) is 23.9. The van der Waals surface area contributed by atoms with E-state index in [2.05, 4.69) is 4.98 Å². The van der Waals surface area contributed by atoms with Crippen LogP contribution in [-0.2, 0) is 0 Å². The molecule has 0 bridgehead atoms. The van der Waals surface area contributed by atoms with Crippen molar-refractivity contribution in [3.05, 3.63) is 29.6 Å². The van der Waals surface area contributed by atoms with E-state index in [9.17, 15) is 9.59 Å². The molecular weight excluding hydrogens is 146 g/mol. The summed E-state index contributed by atoms with van der Waals surface area (Å²) < 4.78 is 0. The summed E-state index contributed by atoms with van der Waals surface area (Å²) in [5.41, 5.74) is 0.311. The van der Waals surface area contributed by atoms with Crippen LogP contribution in [0.25, 0.3) is 0 Å². The molecule has 0 radical (unpaired) electrons. The summed E-state index contributed by atoms with van der Waals surface area (Å²) in [6, 6.07) is 2.69. The Kier molecular flexibility index (Phi) is 1.96. The fourth-order valence-corrected chi connectivity index (χ4v) is 0.602. The number of aromatic carboxylic acids is 1. The molecule has 0 amide bonds. The molecule has 1 aromatic rings. The minimum atomic E-state index is -1.09. The van der Waals surface area contributed by atoms with E-state index in [1.54, 1.807) is 0 Å². The average molecular weight is 151 g/mol. The first-order chi connectivity index (χ1) is 5.24. The van der Waals surface area contributed by atoms with Gasteiger partial charge in [-0.05, 0) is 12.1 Å². The number of hydrogen-bond donors (Lipinski definition) is 1. The third kappa shape index (κ3) is 1.61. The number of pyridine rings is 1. The van der Waals surface area contributed by atoms with E-state index in [1.165, 1.54) is 18.3 Å². The molecule has 11 heavy (non-hydrogen) atoms. The van der Waals surface area contributed by atoms with Crippen molar-refractivity contribution in [3.8, 4) is 0 Å². The fraction of sp³-hybridized carbons (Fsp3) is 0. The van der Waals surface area contributed by atoms with Crippen LogP contribution in [-0.4, -0.2) is 22.3 Å². The maximum Gasteiger partial charge on any atom is 0.354 e. The molecule has 1 N–H and O–H groups in total. The topological polar surface area (TPSA) is 67.3 Å². The van der Waals surface area contributed by atoms with Crippen LogP contribution in [0.2, 0.25) is 0 Å². The van der Waals surface area contributed by atoms with Gasteiger partial charge < -0.3 is 5.11 Å². The lowest BCUT2D eigenvalue weighted by Crippen LogP contribution is -1.99. The van der Waals surface area contributed by atoms with Crippen molar-refractivity contribution in [3.63, 3.8) is 0 Å². The first-order valence-electron chi connectivity index (χ1n) is 2.88. The second kappa shape index (κ2) is 2.92. The Morgan fingerprint density at radius 3 is 2.64 bits per heavy atom. The highest BCUT2D eigenvalue weighted by molar-refractivity contribution is 5.86. The highest BCUT2D eigenvalue weighted by atomic mass is 16.4. The Balaban J connectivity index is 3.00. The summed E-state index contributed by atoms with van der Waals surface area (Å²) >= 11 is 0. The van der Waals surface area contributed by atoms with E-state index in [4.69, 9.17) is 5.11 Å². The largest absolute Gasteiger partial charge is 0.477 e. The summed E-state index contributed by atoms with van der Waals surface area (Å²) in [6.45, 7) is 0. The molecule has 0 fully saturated rings. The predicted octanol–water partition coefficient (Wildman–Crippen LogP) is 0.592. The van der Waals surface area contributed by atoms with Crippen molar-refractivity contribution in [2.45, 2.75) is 0 Å². The monoisotopic (exact) mass is 151 g/mol. The third-order valence-electron chi connectivity index (χ3n) is 1.14. The van der Waals surface area contributed by atoms with E-state index in [0.717, 1.165) is 0 Å².